The zero-order chi connectivity index (χ0) is 13.1. The molecule has 0 saturated heterocycles. The summed E-state index contributed by atoms with van der Waals surface area (Å²) in [5, 5.41) is 2.85. The molecule has 0 bridgehead atoms. The number of imidazole rings is 1. The van der Waals surface area contributed by atoms with E-state index in [1.807, 2.05) is 25.2 Å². The lowest BCUT2D eigenvalue weighted by Gasteiger charge is -2.08. The molecular formula is C14H17N3O. The standard InChI is InChI=1S/C14H17N3O/c1-10(2)11-5-4-6-12(7-11)16-14(18)13-8-17(3)9-15-13/h4-10H,1-3H3,(H,16,18). The van der Waals surface area contributed by atoms with Crippen molar-refractivity contribution in [3.8, 4) is 0 Å². The summed E-state index contributed by atoms with van der Waals surface area (Å²) in [5.41, 5.74) is 2.43. The van der Waals surface area contributed by atoms with Gasteiger partial charge in [-0.05, 0) is 23.6 Å². The molecule has 0 atom stereocenters. The van der Waals surface area contributed by atoms with Gasteiger partial charge in [0, 0.05) is 18.9 Å². The van der Waals surface area contributed by atoms with E-state index in [4.69, 9.17) is 0 Å². The van der Waals surface area contributed by atoms with E-state index in [9.17, 15) is 4.79 Å². The zero-order valence-corrected chi connectivity index (χ0v) is 10.8. The van der Waals surface area contributed by atoms with Crippen molar-refractivity contribution in [1.82, 2.24) is 9.55 Å². The molecule has 0 spiro atoms. The molecule has 0 aliphatic rings. The maximum absolute atomic E-state index is 11.9. The molecule has 1 heterocycles. The first-order valence-corrected chi connectivity index (χ1v) is 5.95. The molecule has 1 aromatic carbocycles. The van der Waals surface area contributed by atoms with Gasteiger partial charge in [0.1, 0.15) is 5.69 Å². The predicted octanol–water partition coefficient (Wildman–Crippen LogP) is 2.80. The van der Waals surface area contributed by atoms with Crippen molar-refractivity contribution in [3.63, 3.8) is 0 Å². The molecular weight excluding hydrogens is 226 g/mol. The van der Waals surface area contributed by atoms with Crippen LogP contribution in [0.2, 0.25) is 0 Å². The number of aryl methyl sites for hydroxylation is 1. The van der Waals surface area contributed by atoms with Crippen LogP contribution in [0.15, 0.2) is 36.8 Å². The third kappa shape index (κ3) is 2.77. The maximum atomic E-state index is 11.9. The molecule has 2 rings (SSSR count). The van der Waals surface area contributed by atoms with Crippen molar-refractivity contribution < 1.29 is 4.79 Å². The fourth-order valence-corrected chi connectivity index (χ4v) is 1.70. The second-order valence-electron chi connectivity index (χ2n) is 4.66. The van der Waals surface area contributed by atoms with Gasteiger partial charge in [-0.1, -0.05) is 26.0 Å². The molecule has 0 unspecified atom stereocenters. The molecule has 0 aliphatic carbocycles. The van der Waals surface area contributed by atoms with E-state index in [-0.39, 0.29) is 5.91 Å². The van der Waals surface area contributed by atoms with Crippen LogP contribution in [0, 0.1) is 0 Å². The molecule has 0 radical (unpaired) electrons. The summed E-state index contributed by atoms with van der Waals surface area (Å²) in [6, 6.07) is 7.88. The van der Waals surface area contributed by atoms with Gasteiger partial charge in [-0.25, -0.2) is 4.98 Å². The lowest BCUT2D eigenvalue weighted by atomic mass is 10.0. The fourth-order valence-electron chi connectivity index (χ4n) is 1.70. The van der Waals surface area contributed by atoms with Gasteiger partial charge < -0.3 is 9.88 Å². The largest absolute Gasteiger partial charge is 0.340 e. The topological polar surface area (TPSA) is 46.9 Å². The number of carbonyl (C=O) groups excluding carboxylic acids is 1. The van der Waals surface area contributed by atoms with Gasteiger partial charge in [-0.3, -0.25) is 4.79 Å². The van der Waals surface area contributed by atoms with E-state index in [0.717, 1.165) is 5.69 Å². The normalized spacial score (nSPS) is 10.7. The Morgan fingerprint density at radius 2 is 2.17 bits per heavy atom. The lowest BCUT2D eigenvalue weighted by molar-refractivity contribution is 0.102. The Kier molecular flexibility index (Phi) is 3.46. The molecule has 94 valence electrons. The molecule has 1 aromatic heterocycles. The molecule has 18 heavy (non-hydrogen) atoms. The molecule has 0 aliphatic heterocycles. The highest BCUT2D eigenvalue weighted by Gasteiger charge is 2.09. The predicted molar refractivity (Wildman–Crippen MR) is 71.7 cm³/mol. The van der Waals surface area contributed by atoms with E-state index in [1.165, 1.54) is 5.56 Å². The summed E-state index contributed by atoms with van der Waals surface area (Å²) in [5.74, 6) is 0.258. The number of benzene rings is 1. The highest BCUT2D eigenvalue weighted by atomic mass is 16.1. The maximum Gasteiger partial charge on any atom is 0.275 e. The van der Waals surface area contributed by atoms with Gasteiger partial charge >= 0.3 is 0 Å². The Balaban J connectivity index is 2.14. The number of nitrogens with one attached hydrogen (secondary N) is 1. The van der Waals surface area contributed by atoms with Crippen molar-refractivity contribution >= 4 is 11.6 Å². The van der Waals surface area contributed by atoms with E-state index in [0.29, 0.717) is 11.6 Å². The van der Waals surface area contributed by atoms with Gasteiger partial charge in [-0.15, -0.1) is 0 Å². The number of nitrogens with zero attached hydrogens (tertiary/aromatic N) is 2. The van der Waals surface area contributed by atoms with E-state index < -0.39 is 0 Å². The summed E-state index contributed by atoms with van der Waals surface area (Å²) in [7, 11) is 1.84. The number of anilines is 1. The first kappa shape index (κ1) is 12.4. The highest BCUT2D eigenvalue weighted by molar-refractivity contribution is 6.02. The Morgan fingerprint density at radius 1 is 1.39 bits per heavy atom. The van der Waals surface area contributed by atoms with Crippen LogP contribution in [0.5, 0.6) is 0 Å². The van der Waals surface area contributed by atoms with Crippen LogP contribution in [0.4, 0.5) is 5.69 Å². The van der Waals surface area contributed by atoms with E-state index in [1.54, 1.807) is 17.1 Å². The van der Waals surface area contributed by atoms with Crippen LogP contribution < -0.4 is 5.32 Å². The minimum Gasteiger partial charge on any atom is -0.340 e. The molecule has 1 N–H and O–H groups in total. The SMILES string of the molecule is CC(C)c1cccc(NC(=O)c2cn(C)cn2)c1. The molecule has 0 saturated carbocycles. The number of hydrogen-bond acceptors (Lipinski definition) is 2. The second-order valence-corrected chi connectivity index (χ2v) is 4.66. The van der Waals surface area contributed by atoms with Crippen LogP contribution in [0.1, 0.15) is 35.8 Å². The van der Waals surface area contributed by atoms with Crippen LogP contribution in [0.3, 0.4) is 0 Å². The van der Waals surface area contributed by atoms with E-state index >= 15 is 0 Å². The van der Waals surface area contributed by atoms with Crippen LogP contribution in [-0.2, 0) is 7.05 Å². The monoisotopic (exact) mass is 243 g/mol. The van der Waals surface area contributed by atoms with Crippen molar-refractivity contribution in [2.45, 2.75) is 19.8 Å². The summed E-state index contributed by atoms with van der Waals surface area (Å²) in [6.07, 6.45) is 3.31. The third-order valence-corrected chi connectivity index (χ3v) is 2.75. The number of rotatable bonds is 3. The van der Waals surface area contributed by atoms with Crippen LogP contribution in [0.25, 0.3) is 0 Å². The number of aromatic nitrogens is 2. The van der Waals surface area contributed by atoms with Gasteiger partial charge in [0.05, 0.1) is 6.33 Å². The number of amides is 1. The first-order valence-electron chi connectivity index (χ1n) is 5.95. The van der Waals surface area contributed by atoms with Gasteiger partial charge in [0.15, 0.2) is 0 Å². The average Bonchev–Trinajstić information content (AvgIpc) is 2.76. The molecule has 0 fully saturated rings. The molecule has 4 nitrogen and oxygen atoms in total. The number of carbonyl (C=O) groups is 1. The fraction of sp³-hybridized carbons (Fsp3) is 0.286. The van der Waals surface area contributed by atoms with Gasteiger partial charge in [-0.2, -0.15) is 0 Å². The van der Waals surface area contributed by atoms with E-state index in [2.05, 4.69) is 30.2 Å². The van der Waals surface area contributed by atoms with Crippen molar-refractivity contribution in [2.24, 2.45) is 7.05 Å². The van der Waals surface area contributed by atoms with Crippen molar-refractivity contribution in [1.29, 1.82) is 0 Å². The highest BCUT2D eigenvalue weighted by Crippen LogP contribution is 2.18. The third-order valence-electron chi connectivity index (χ3n) is 2.75. The summed E-state index contributed by atoms with van der Waals surface area (Å²) < 4.78 is 1.75. The first-order chi connectivity index (χ1) is 8.56. The van der Waals surface area contributed by atoms with Gasteiger partial charge in [0.25, 0.3) is 5.91 Å². The Morgan fingerprint density at radius 3 is 2.78 bits per heavy atom. The molecule has 2 aromatic rings. The Bertz CT molecular complexity index is 558. The smallest absolute Gasteiger partial charge is 0.275 e. The Labute approximate surface area is 107 Å². The Hall–Kier alpha value is -2.10. The summed E-state index contributed by atoms with van der Waals surface area (Å²) >= 11 is 0. The lowest BCUT2D eigenvalue weighted by Crippen LogP contribution is -2.12. The summed E-state index contributed by atoms with van der Waals surface area (Å²) in [6.45, 7) is 4.25. The van der Waals surface area contributed by atoms with Gasteiger partial charge in [0.2, 0.25) is 0 Å². The molecule has 4 heteroatoms. The minimum absolute atomic E-state index is 0.184. The number of hydrogen-bond donors (Lipinski definition) is 1. The van der Waals surface area contributed by atoms with Crippen molar-refractivity contribution in [3.05, 3.63) is 48.0 Å². The second kappa shape index (κ2) is 5.04. The quantitative estimate of drug-likeness (QED) is 0.901. The van der Waals surface area contributed by atoms with Crippen molar-refractivity contribution in [2.75, 3.05) is 5.32 Å². The van der Waals surface area contributed by atoms with Crippen LogP contribution in [-0.4, -0.2) is 15.5 Å². The average molecular weight is 243 g/mol. The molecule has 1 amide bonds. The summed E-state index contributed by atoms with van der Waals surface area (Å²) in [4.78, 5) is 15.9. The zero-order valence-electron chi connectivity index (χ0n) is 10.8. The van der Waals surface area contributed by atoms with Crippen LogP contribution >= 0.6 is 0 Å². The minimum atomic E-state index is -0.184.